The molecule has 1 fully saturated rings. The molecule has 0 spiro atoms. The van der Waals surface area contributed by atoms with Gasteiger partial charge in [-0.3, -0.25) is 9.48 Å². The van der Waals surface area contributed by atoms with Crippen molar-refractivity contribution in [1.29, 1.82) is 0 Å². The Morgan fingerprint density at radius 1 is 1.31 bits per heavy atom. The molecule has 7 nitrogen and oxygen atoms in total. The third-order valence-electron chi connectivity index (χ3n) is 4.71. The number of carbonyl (C=O) groups excluding carboxylic acids is 1. The Labute approximate surface area is 149 Å². The summed E-state index contributed by atoms with van der Waals surface area (Å²) in [6.45, 7) is 1.90. The predicted molar refractivity (Wildman–Crippen MR) is 97.2 cm³/mol. The van der Waals surface area contributed by atoms with Gasteiger partial charge in [0.25, 0.3) is 5.91 Å². The molecule has 7 heteroatoms. The zero-order chi connectivity index (χ0) is 17.8. The van der Waals surface area contributed by atoms with Crippen molar-refractivity contribution in [1.82, 2.24) is 19.7 Å². The number of nitrogens with zero attached hydrogens (tertiary/aromatic N) is 4. The van der Waals surface area contributed by atoms with Crippen molar-refractivity contribution in [3.05, 3.63) is 47.6 Å². The van der Waals surface area contributed by atoms with Crippen LogP contribution in [0.15, 0.2) is 34.9 Å². The van der Waals surface area contributed by atoms with Gasteiger partial charge in [0, 0.05) is 30.2 Å². The first-order chi connectivity index (χ1) is 12.6. The number of hydrogen-bond acceptors (Lipinski definition) is 5. The van der Waals surface area contributed by atoms with Crippen LogP contribution in [0.2, 0.25) is 0 Å². The van der Waals surface area contributed by atoms with Gasteiger partial charge in [0.2, 0.25) is 0 Å². The Bertz CT molecular complexity index is 1170. The smallest absolute Gasteiger partial charge is 0.257 e. The lowest BCUT2D eigenvalue weighted by Gasteiger charge is -2.05. The fourth-order valence-electron chi connectivity index (χ4n) is 3.16. The summed E-state index contributed by atoms with van der Waals surface area (Å²) in [5.74, 6) is 1.04. The van der Waals surface area contributed by atoms with E-state index in [2.05, 4.69) is 20.4 Å². The highest BCUT2D eigenvalue weighted by molar-refractivity contribution is 6.06. The monoisotopic (exact) mass is 347 g/mol. The maximum Gasteiger partial charge on any atom is 0.257 e. The number of benzene rings is 1. The van der Waals surface area contributed by atoms with Gasteiger partial charge in [-0.25, -0.2) is 9.97 Å². The molecule has 1 saturated carbocycles. The molecule has 26 heavy (non-hydrogen) atoms. The van der Waals surface area contributed by atoms with Crippen molar-refractivity contribution in [2.45, 2.75) is 25.7 Å². The minimum Gasteiger partial charge on any atom is -0.440 e. The van der Waals surface area contributed by atoms with E-state index in [9.17, 15) is 4.79 Å². The molecule has 0 atom stereocenters. The summed E-state index contributed by atoms with van der Waals surface area (Å²) in [5, 5.41) is 8.12. The largest absolute Gasteiger partial charge is 0.440 e. The summed E-state index contributed by atoms with van der Waals surface area (Å²) in [4.78, 5) is 21.5. The molecular weight excluding hydrogens is 330 g/mol. The van der Waals surface area contributed by atoms with Crippen LogP contribution >= 0.6 is 0 Å². The van der Waals surface area contributed by atoms with Crippen LogP contribution in [0.4, 0.5) is 5.69 Å². The van der Waals surface area contributed by atoms with E-state index in [1.165, 1.54) is 0 Å². The Morgan fingerprint density at radius 2 is 2.15 bits per heavy atom. The summed E-state index contributed by atoms with van der Waals surface area (Å²) in [5.41, 5.74) is 4.30. The fourth-order valence-corrected chi connectivity index (χ4v) is 3.16. The van der Waals surface area contributed by atoms with Gasteiger partial charge in [-0.1, -0.05) is 0 Å². The highest BCUT2D eigenvalue weighted by Crippen LogP contribution is 2.40. The van der Waals surface area contributed by atoms with Gasteiger partial charge >= 0.3 is 0 Å². The zero-order valence-corrected chi connectivity index (χ0v) is 14.5. The fraction of sp³-hybridized carbons (Fsp3) is 0.263. The first kappa shape index (κ1) is 15.1. The second-order valence-corrected chi connectivity index (χ2v) is 6.77. The Kier molecular flexibility index (Phi) is 3.12. The van der Waals surface area contributed by atoms with E-state index in [1.54, 1.807) is 10.9 Å². The molecule has 130 valence electrons. The minimum absolute atomic E-state index is 0.215. The van der Waals surface area contributed by atoms with E-state index in [0.29, 0.717) is 17.2 Å². The molecule has 3 aromatic heterocycles. The van der Waals surface area contributed by atoms with Crippen LogP contribution in [0.1, 0.15) is 40.7 Å². The zero-order valence-electron chi connectivity index (χ0n) is 14.5. The summed E-state index contributed by atoms with van der Waals surface area (Å²) in [6, 6.07) is 7.32. The van der Waals surface area contributed by atoms with Crippen LogP contribution in [0.3, 0.4) is 0 Å². The molecular formula is C19H17N5O2. The molecule has 1 aromatic carbocycles. The topological polar surface area (TPSA) is 85.8 Å². The lowest BCUT2D eigenvalue weighted by atomic mass is 10.2. The van der Waals surface area contributed by atoms with Crippen molar-refractivity contribution in [2.24, 2.45) is 7.05 Å². The second-order valence-electron chi connectivity index (χ2n) is 6.77. The second kappa shape index (κ2) is 5.39. The van der Waals surface area contributed by atoms with Gasteiger partial charge in [0.1, 0.15) is 5.52 Å². The molecule has 1 aliphatic rings. The van der Waals surface area contributed by atoms with Gasteiger partial charge < -0.3 is 9.73 Å². The summed E-state index contributed by atoms with van der Waals surface area (Å²) >= 11 is 0. The number of aryl methyl sites for hydroxylation is 2. The molecule has 0 unspecified atom stereocenters. The highest BCUT2D eigenvalue weighted by atomic mass is 16.3. The summed E-state index contributed by atoms with van der Waals surface area (Å²) in [7, 11) is 1.84. The number of carbonyl (C=O) groups is 1. The lowest BCUT2D eigenvalue weighted by Crippen LogP contribution is -2.12. The van der Waals surface area contributed by atoms with Crippen LogP contribution in [0, 0.1) is 6.92 Å². The normalized spacial score (nSPS) is 14.2. The third-order valence-corrected chi connectivity index (χ3v) is 4.71. The van der Waals surface area contributed by atoms with Crippen molar-refractivity contribution in [2.75, 3.05) is 5.32 Å². The molecule has 0 radical (unpaired) electrons. The standard InChI is InChI=1S/C19H17N5O2/c1-10-14-7-12(9-20-17(14)24(2)23-10)18(25)21-13-5-6-16-15(8-13)22-19(26-16)11-3-4-11/h5-9,11H,3-4H2,1-2H3,(H,21,25). The Hall–Kier alpha value is -3.22. The number of fused-ring (bicyclic) bond motifs is 2. The quantitative estimate of drug-likeness (QED) is 0.612. The van der Waals surface area contributed by atoms with Crippen molar-refractivity contribution in [3.63, 3.8) is 0 Å². The predicted octanol–water partition coefficient (Wildman–Crippen LogP) is 3.55. The third kappa shape index (κ3) is 2.44. The SMILES string of the molecule is Cc1nn(C)c2ncc(C(=O)Nc3ccc4oc(C5CC5)nc4c3)cc12. The molecule has 1 amide bonds. The number of hydrogen-bond donors (Lipinski definition) is 1. The Morgan fingerprint density at radius 3 is 2.96 bits per heavy atom. The maximum absolute atomic E-state index is 12.6. The first-order valence-electron chi connectivity index (χ1n) is 8.60. The van der Waals surface area contributed by atoms with Crippen molar-refractivity contribution >= 4 is 33.7 Å². The average molecular weight is 347 g/mol. The van der Waals surface area contributed by atoms with Gasteiger partial charge in [-0.2, -0.15) is 5.10 Å². The van der Waals surface area contributed by atoms with E-state index < -0.39 is 0 Å². The van der Waals surface area contributed by atoms with Crippen LogP contribution < -0.4 is 5.32 Å². The number of oxazole rings is 1. The molecule has 0 aliphatic heterocycles. The minimum atomic E-state index is -0.215. The molecule has 1 aliphatic carbocycles. The van der Waals surface area contributed by atoms with E-state index in [4.69, 9.17) is 4.42 Å². The lowest BCUT2D eigenvalue weighted by molar-refractivity contribution is 0.102. The molecule has 3 heterocycles. The first-order valence-corrected chi connectivity index (χ1v) is 8.60. The molecule has 4 aromatic rings. The number of amides is 1. The van der Waals surface area contributed by atoms with Crippen LogP contribution in [-0.2, 0) is 7.05 Å². The summed E-state index contributed by atoms with van der Waals surface area (Å²) in [6.07, 6.45) is 3.85. The number of pyridine rings is 1. The number of aromatic nitrogens is 4. The van der Waals surface area contributed by atoms with Gasteiger partial charge in [-0.15, -0.1) is 0 Å². The van der Waals surface area contributed by atoms with E-state index in [1.807, 2.05) is 38.2 Å². The van der Waals surface area contributed by atoms with Gasteiger partial charge in [-0.05, 0) is 44.0 Å². The van der Waals surface area contributed by atoms with Gasteiger partial charge in [0.05, 0.1) is 11.3 Å². The van der Waals surface area contributed by atoms with Crippen molar-refractivity contribution in [3.8, 4) is 0 Å². The van der Waals surface area contributed by atoms with E-state index >= 15 is 0 Å². The van der Waals surface area contributed by atoms with E-state index in [0.717, 1.165) is 46.6 Å². The number of rotatable bonds is 3. The van der Waals surface area contributed by atoms with Crippen LogP contribution in [0.5, 0.6) is 0 Å². The van der Waals surface area contributed by atoms with Crippen molar-refractivity contribution < 1.29 is 9.21 Å². The number of nitrogens with one attached hydrogen (secondary N) is 1. The van der Waals surface area contributed by atoms with E-state index in [-0.39, 0.29) is 5.91 Å². The van der Waals surface area contributed by atoms with Gasteiger partial charge in [0.15, 0.2) is 17.1 Å². The molecule has 1 N–H and O–H groups in total. The molecule has 5 rings (SSSR count). The Balaban J connectivity index is 1.44. The summed E-state index contributed by atoms with van der Waals surface area (Å²) < 4.78 is 7.47. The van der Waals surface area contributed by atoms with Crippen LogP contribution in [-0.4, -0.2) is 25.7 Å². The highest BCUT2D eigenvalue weighted by Gasteiger charge is 2.28. The molecule has 0 bridgehead atoms. The maximum atomic E-state index is 12.6. The number of anilines is 1. The average Bonchev–Trinajstić information content (AvgIpc) is 3.34. The van der Waals surface area contributed by atoms with Crippen LogP contribution in [0.25, 0.3) is 22.1 Å². The molecule has 0 saturated heterocycles.